The molecule has 1 aromatic heterocycles. The van der Waals surface area contributed by atoms with E-state index < -0.39 is 5.97 Å². The van der Waals surface area contributed by atoms with E-state index in [-0.39, 0.29) is 17.4 Å². The number of rotatable bonds is 3. The van der Waals surface area contributed by atoms with Crippen LogP contribution in [-0.2, 0) is 0 Å². The van der Waals surface area contributed by atoms with Crippen LogP contribution in [0.3, 0.4) is 0 Å². The maximum atomic E-state index is 13.1. The Hall–Kier alpha value is -2.17. The number of carbonyl (C=O) groups is 1. The van der Waals surface area contributed by atoms with Gasteiger partial charge in [0.25, 0.3) is 0 Å². The molecule has 100 valence electrons. The summed E-state index contributed by atoms with van der Waals surface area (Å²) >= 11 is 0. The van der Waals surface area contributed by atoms with Gasteiger partial charge in [-0.3, -0.25) is 0 Å². The van der Waals surface area contributed by atoms with Crippen LogP contribution in [0.5, 0.6) is 0 Å². The molecule has 0 unspecified atom stereocenters. The second kappa shape index (κ2) is 4.84. The predicted molar refractivity (Wildman–Crippen MR) is 69.3 cm³/mol. The number of nitrogens with zero attached hydrogens (tertiary/aromatic N) is 2. The monoisotopic (exact) mass is 262 g/mol. The maximum Gasteiger partial charge on any atom is 0.356 e. The molecule has 4 nitrogen and oxygen atoms in total. The van der Waals surface area contributed by atoms with E-state index in [0.717, 1.165) is 5.69 Å². The van der Waals surface area contributed by atoms with Crippen molar-refractivity contribution in [3.8, 4) is 5.69 Å². The molecule has 1 heterocycles. The zero-order chi connectivity index (χ0) is 14.2. The van der Waals surface area contributed by atoms with Crippen LogP contribution in [0.1, 0.15) is 41.5 Å². The Morgan fingerprint density at radius 1 is 1.37 bits per heavy atom. The van der Waals surface area contributed by atoms with Crippen LogP contribution in [0.4, 0.5) is 4.39 Å². The van der Waals surface area contributed by atoms with Crippen molar-refractivity contribution < 1.29 is 14.3 Å². The lowest BCUT2D eigenvalue weighted by atomic mass is 10.1. The van der Waals surface area contributed by atoms with E-state index in [1.165, 1.54) is 12.1 Å². The van der Waals surface area contributed by atoms with Gasteiger partial charge in [-0.15, -0.1) is 0 Å². The molecule has 0 atom stereocenters. The molecule has 5 heteroatoms. The average molecular weight is 262 g/mol. The fourth-order valence-corrected chi connectivity index (χ4v) is 1.96. The minimum absolute atomic E-state index is 0.00701. The fraction of sp³-hybridized carbons (Fsp3) is 0.286. The third kappa shape index (κ3) is 2.50. The summed E-state index contributed by atoms with van der Waals surface area (Å²) in [6.45, 7) is 5.68. The Kier molecular flexibility index (Phi) is 3.38. The van der Waals surface area contributed by atoms with Crippen molar-refractivity contribution in [2.45, 2.75) is 26.7 Å². The highest BCUT2D eigenvalue weighted by atomic mass is 19.1. The summed E-state index contributed by atoms with van der Waals surface area (Å²) < 4.78 is 14.7. The van der Waals surface area contributed by atoms with Gasteiger partial charge in [0.15, 0.2) is 5.69 Å². The molecule has 0 aliphatic heterocycles. The third-order valence-electron chi connectivity index (χ3n) is 2.93. The Morgan fingerprint density at radius 2 is 2.05 bits per heavy atom. The Morgan fingerprint density at radius 3 is 2.58 bits per heavy atom. The molecule has 19 heavy (non-hydrogen) atoms. The molecule has 0 aliphatic rings. The number of aromatic carboxylic acids is 1. The quantitative estimate of drug-likeness (QED) is 0.924. The summed E-state index contributed by atoms with van der Waals surface area (Å²) in [5.74, 6) is -1.27. The Balaban J connectivity index is 2.63. The molecule has 0 spiro atoms. The normalized spacial score (nSPS) is 11.0. The SMILES string of the molecule is Cc1cc(F)ccc1-n1nc(C(=O)O)cc1C(C)C. The van der Waals surface area contributed by atoms with Gasteiger partial charge in [0.2, 0.25) is 0 Å². The molecule has 0 amide bonds. The lowest BCUT2D eigenvalue weighted by Gasteiger charge is -2.12. The van der Waals surface area contributed by atoms with E-state index in [2.05, 4.69) is 5.10 Å². The number of hydrogen-bond donors (Lipinski definition) is 1. The topological polar surface area (TPSA) is 55.1 Å². The first-order valence-electron chi connectivity index (χ1n) is 6.00. The number of hydrogen-bond acceptors (Lipinski definition) is 2. The molecule has 2 aromatic rings. The third-order valence-corrected chi connectivity index (χ3v) is 2.93. The minimum Gasteiger partial charge on any atom is -0.476 e. The van der Waals surface area contributed by atoms with Gasteiger partial charge in [-0.05, 0) is 42.7 Å². The number of carboxylic acid groups (broad SMARTS) is 1. The average Bonchev–Trinajstić information content (AvgIpc) is 2.73. The van der Waals surface area contributed by atoms with Gasteiger partial charge in [-0.2, -0.15) is 5.10 Å². The van der Waals surface area contributed by atoms with Gasteiger partial charge in [-0.1, -0.05) is 13.8 Å². The van der Waals surface area contributed by atoms with Gasteiger partial charge in [0, 0.05) is 5.69 Å². The minimum atomic E-state index is -1.07. The van der Waals surface area contributed by atoms with E-state index >= 15 is 0 Å². The highest BCUT2D eigenvalue weighted by Crippen LogP contribution is 2.23. The van der Waals surface area contributed by atoms with Crippen molar-refractivity contribution in [3.05, 3.63) is 47.0 Å². The lowest BCUT2D eigenvalue weighted by Crippen LogP contribution is -2.06. The van der Waals surface area contributed by atoms with Gasteiger partial charge in [-0.25, -0.2) is 13.9 Å². The summed E-state index contributed by atoms with van der Waals surface area (Å²) in [4.78, 5) is 11.0. The predicted octanol–water partition coefficient (Wildman–Crippen LogP) is 3.14. The van der Waals surface area contributed by atoms with Gasteiger partial charge in [0.05, 0.1) is 5.69 Å². The Bertz CT molecular complexity index is 632. The van der Waals surface area contributed by atoms with Crippen LogP contribution in [0.2, 0.25) is 0 Å². The van der Waals surface area contributed by atoms with Crippen molar-refractivity contribution >= 4 is 5.97 Å². The highest BCUT2D eigenvalue weighted by Gasteiger charge is 2.17. The largest absolute Gasteiger partial charge is 0.476 e. The first-order chi connectivity index (χ1) is 8.90. The van der Waals surface area contributed by atoms with Crippen LogP contribution in [0.25, 0.3) is 5.69 Å². The molecule has 0 radical (unpaired) electrons. The lowest BCUT2D eigenvalue weighted by molar-refractivity contribution is 0.0690. The fourth-order valence-electron chi connectivity index (χ4n) is 1.96. The van der Waals surface area contributed by atoms with Crippen molar-refractivity contribution in [2.75, 3.05) is 0 Å². The van der Waals surface area contributed by atoms with Gasteiger partial charge < -0.3 is 5.11 Å². The number of benzene rings is 1. The standard InChI is InChI=1S/C14H15FN2O2/c1-8(2)13-7-11(14(18)19)16-17(13)12-5-4-10(15)6-9(12)3/h4-8H,1-3H3,(H,18,19). The number of halogens is 1. The van der Waals surface area contributed by atoms with Crippen LogP contribution < -0.4 is 0 Å². The second-order valence-electron chi connectivity index (χ2n) is 4.76. The number of aromatic nitrogens is 2. The summed E-state index contributed by atoms with van der Waals surface area (Å²) in [5, 5.41) is 13.1. The first-order valence-corrected chi connectivity index (χ1v) is 6.00. The van der Waals surface area contributed by atoms with Crippen LogP contribution >= 0.6 is 0 Å². The van der Waals surface area contributed by atoms with E-state index in [1.807, 2.05) is 13.8 Å². The number of aryl methyl sites for hydroxylation is 1. The Labute approximate surface area is 110 Å². The maximum absolute atomic E-state index is 13.1. The first kappa shape index (κ1) is 13.3. The molecular formula is C14H15FN2O2. The van der Waals surface area contributed by atoms with Gasteiger partial charge in [0.1, 0.15) is 5.82 Å². The highest BCUT2D eigenvalue weighted by molar-refractivity contribution is 5.85. The molecule has 0 saturated carbocycles. The van der Waals surface area contributed by atoms with E-state index in [4.69, 9.17) is 5.11 Å². The zero-order valence-corrected chi connectivity index (χ0v) is 11.0. The van der Waals surface area contributed by atoms with Gasteiger partial charge >= 0.3 is 5.97 Å². The van der Waals surface area contributed by atoms with E-state index in [1.54, 1.807) is 23.7 Å². The molecule has 1 N–H and O–H groups in total. The summed E-state index contributed by atoms with van der Waals surface area (Å²) in [5.41, 5.74) is 2.18. The van der Waals surface area contributed by atoms with Crippen molar-refractivity contribution in [1.29, 1.82) is 0 Å². The summed E-state index contributed by atoms with van der Waals surface area (Å²) in [6.07, 6.45) is 0. The van der Waals surface area contributed by atoms with E-state index in [0.29, 0.717) is 11.3 Å². The van der Waals surface area contributed by atoms with Crippen molar-refractivity contribution in [2.24, 2.45) is 0 Å². The van der Waals surface area contributed by atoms with Crippen molar-refractivity contribution in [1.82, 2.24) is 9.78 Å². The smallest absolute Gasteiger partial charge is 0.356 e. The molecule has 0 fully saturated rings. The molecule has 0 bridgehead atoms. The number of carboxylic acids is 1. The molecule has 0 saturated heterocycles. The molecule has 1 aromatic carbocycles. The van der Waals surface area contributed by atoms with Crippen LogP contribution in [0, 0.1) is 12.7 Å². The van der Waals surface area contributed by atoms with Crippen LogP contribution in [-0.4, -0.2) is 20.9 Å². The van der Waals surface area contributed by atoms with E-state index in [9.17, 15) is 9.18 Å². The zero-order valence-electron chi connectivity index (χ0n) is 11.0. The molecule has 0 aliphatic carbocycles. The molecule has 2 rings (SSSR count). The molecular weight excluding hydrogens is 247 g/mol. The van der Waals surface area contributed by atoms with Crippen LogP contribution in [0.15, 0.2) is 24.3 Å². The van der Waals surface area contributed by atoms with Crippen molar-refractivity contribution in [3.63, 3.8) is 0 Å². The second-order valence-corrected chi connectivity index (χ2v) is 4.76. The summed E-state index contributed by atoms with van der Waals surface area (Å²) in [6, 6.07) is 5.90. The summed E-state index contributed by atoms with van der Waals surface area (Å²) in [7, 11) is 0.